The van der Waals surface area contributed by atoms with Crippen LogP contribution >= 0.6 is 11.5 Å². The minimum absolute atomic E-state index is 0.0821. The molecule has 1 unspecified atom stereocenters. The number of rotatable bonds is 4. The summed E-state index contributed by atoms with van der Waals surface area (Å²) < 4.78 is 4.16. The molecule has 1 aromatic rings. The summed E-state index contributed by atoms with van der Waals surface area (Å²) in [4.78, 5) is 12.3. The molecule has 2 saturated carbocycles. The standard InChI is InChI=1S/C15H24N4OS/c1-15(2)7-3-4-10(8-15)18-14-11(12(16)19-21-14)13(20)17-9-5-6-9/h9-10,18H,3-8H2,1-2H3,(H2,16,19)(H,17,20). The topological polar surface area (TPSA) is 80.0 Å². The average Bonchev–Trinajstić information content (AvgIpc) is 3.11. The highest BCUT2D eigenvalue weighted by Gasteiger charge is 2.31. The molecular weight excluding hydrogens is 284 g/mol. The van der Waals surface area contributed by atoms with Gasteiger partial charge in [0.25, 0.3) is 5.91 Å². The first-order valence-corrected chi connectivity index (χ1v) is 8.54. The van der Waals surface area contributed by atoms with E-state index >= 15 is 0 Å². The number of nitrogen functional groups attached to an aromatic ring is 1. The van der Waals surface area contributed by atoms with Crippen LogP contribution in [0.1, 0.15) is 62.7 Å². The molecule has 6 heteroatoms. The lowest BCUT2D eigenvalue weighted by Crippen LogP contribution is -2.32. The van der Waals surface area contributed by atoms with E-state index in [0.717, 1.165) is 30.7 Å². The molecule has 0 saturated heterocycles. The number of hydrogen-bond acceptors (Lipinski definition) is 5. The lowest BCUT2D eigenvalue weighted by Gasteiger charge is -2.35. The zero-order chi connectivity index (χ0) is 15.0. The van der Waals surface area contributed by atoms with E-state index in [0.29, 0.717) is 28.9 Å². The fraction of sp³-hybridized carbons (Fsp3) is 0.733. The Hall–Kier alpha value is -1.30. The summed E-state index contributed by atoms with van der Waals surface area (Å²) in [6, 6.07) is 0.735. The van der Waals surface area contributed by atoms with Crippen molar-refractivity contribution in [1.82, 2.24) is 9.69 Å². The van der Waals surface area contributed by atoms with Crippen LogP contribution in [0.3, 0.4) is 0 Å². The Morgan fingerprint density at radius 1 is 1.33 bits per heavy atom. The average molecular weight is 308 g/mol. The Balaban J connectivity index is 1.71. The van der Waals surface area contributed by atoms with E-state index < -0.39 is 0 Å². The maximum Gasteiger partial charge on any atom is 0.258 e. The minimum atomic E-state index is -0.0821. The molecule has 3 rings (SSSR count). The zero-order valence-corrected chi connectivity index (χ0v) is 13.6. The molecule has 0 radical (unpaired) electrons. The van der Waals surface area contributed by atoms with Crippen molar-refractivity contribution in [2.24, 2.45) is 5.41 Å². The van der Waals surface area contributed by atoms with Crippen molar-refractivity contribution in [3.63, 3.8) is 0 Å². The van der Waals surface area contributed by atoms with Crippen LogP contribution < -0.4 is 16.4 Å². The van der Waals surface area contributed by atoms with Gasteiger partial charge in [0.15, 0.2) is 5.82 Å². The van der Waals surface area contributed by atoms with E-state index in [1.165, 1.54) is 24.4 Å². The number of amides is 1. The maximum atomic E-state index is 12.3. The summed E-state index contributed by atoms with van der Waals surface area (Å²) in [6.07, 6.45) is 6.90. The molecule has 21 heavy (non-hydrogen) atoms. The van der Waals surface area contributed by atoms with E-state index in [1.807, 2.05) is 0 Å². The van der Waals surface area contributed by atoms with Crippen molar-refractivity contribution in [1.29, 1.82) is 0 Å². The van der Waals surface area contributed by atoms with E-state index in [1.54, 1.807) is 0 Å². The van der Waals surface area contributed by atoms with Crippen molar-refractivity contribution in [3.8, 4) is 0 Å². The molecule has 1 amide bonds. The van der Waals surface area contributed by atoms with E-state index in [2.05, 4.69) is 28.9 Å². The normalized spacial score (nSPS) is 24.6. The Morgan fingerprint density at radius 3 is 2.76 bits per heavy atom. The molecule has 0 bridgehead atoms. The first-order valence-electron chi connectivity index (χ1n) is 7.77. The lowest BCUT2D eigenvalue weighted by atomic mass is 9.75. The molecule has 5 nitrogen and oxygen atoms in total. The molecule has 2 aliphatic carbocycles. The van der Waals surface area contributed by atoms with Crippen LogP contribution in [0, 0.1) is 5.41 Å². The molecule has 4 N–H and O–H groups in total. The number of hydrogen-bond donors (Lipinski definition) is 3. The predicted molar refractivity (Wildman–Crippen MR) is 86.7 cm³/mol. The molecule has 2 fully saturated rings. The summed E-state index contributed by atoms with van der Waals surface area (Å²) in [5.74, 6) is 0.261. The Kier molecular flexibility index (Phi) is 3.82. The van der Waals surface area contributed by atoms with E-state index in [4.69, 9.17) is 5.73 Å². The fourth-order valence-electron chi connectivity index (χ4n) is 3.11. The third kappa shape index (κ3) is 3.48. The first kappa shape index (κ1) is 14.6. The minimum Gasteiger partial charge on any atom is -0.382 e. The van der Waals surface area contributed by atoms with Gasteiger partial charge in [-0.05, 0) is 49.1 Å². The zero-order valence-electron chi connectivity index (χ0n) is 12.7. The number of nitrogens with zero attached hydrogens (tertiary/aromatic N) is 1. The third-order valence-corrected chi connectivity index (χ3v) is 5.19. The van der Waals surface area contributed by atoms with Gasteiger partial charge >= 0.3 is 0 Å². The predicted octanol–water partition coefficient (Wildman–Crippen LogP) is 3.00. The van der Waals surface area contributed by atoms with E-state index in [9.17, 15) is 4.79 Å². The number of nitrogens with one attached hydrogen (secondary N) is 2. The summed E-state index contributed by atoms with van der Waals surface area (Å²) in [7, 11) is 0. The van der Waals surface area contributed by atoms with Crippen molar-refractivity contribution >= 4 is 28.3 Å². The molecule has 1 aromatic heterocycles. The highest BCUT2D eigenvalue weighted by molar-refractivity contribution is 7.11. The smallest absolute Gasteiger partial charge is 0.258 e. The molecule has 1 atom stereocenters. The number of aromatic nitrogens is 1. The Morgan fingerprint density at radius 2 is 2.10 bits per heavy atom. The second kappa shape index (κ2) is 5.48. The van der Waals surface area contributed by atoms with Crippen molar-refractivity contribution in [2.75, 3.05) is 11.1 Å². The van der Waals surface area contributed by atoms with Crippen LogP contribution in [0.4, 0.5) is 10.8 Å². The fourth-order valence-corrected chi connectivity index (χ4v) is 3.90. The molecule has 0 aliphatic heterocycles. The van der Waals surface area contributed by atoms with Crippen molar-refractivity contribution in [3.05, 3.63) is 5.56 Å². The van der Waals surface area contributed by atoms with Gasteiger partial charge in [-0.2, -0.15) is 4.37 Å². The van der Waals surface area contributed by atoms with Gasteiger partial charge in [0.1, 0.15) is 10.6 Å². The summed E-state index contributed by atoms with van der Waals surface area (Å²) >= 11 is 1.30. The van der Waals surface area contributed by atoms with Gasteiger partial charge in [0, 0.05) is 12.1 Å². The van der Waals surface area contributed by atoms with Crippen LogP contribution in [0.15, 0.2) is 0 Å². The van der Waals surface area contributed by atoms with Gasteiger partial charge in [0.2, 0.25) is 0 Å². The number of anilines is 2. The van der Waals surface area contributed by atoms with Crippen LogP contribution in [0.5, 0.6) is 0 Å². The molecule has 0 aromatic carbocycles. The molecular formula is C15H24N4OS. The maximum absolute atomic E-state index is 12.3. The van der Waals surface area contributed by atoms with Crippen molar-refractivity contribution in [2.45, 2.75) is 64.5 Å². The molecule has 1 heterocycles. The van der Waals surface area contributed by atoms with Gasteiger partial charge in [-0.1, -0.05) is 20.3 Å². The third-order valence-electron chi connectivity index (χ3n) is 4.40. The van der Waals surface area contributed by atoms with Gasteiger partial charge in [-0.3, -0.25) is 4.79 Å². The van der Waals surface area contributed by atoms with E-state index in [-0.39, 0.29) is 5.91 Å². The first-order chi connectivity index (χ1) is 9.94. The van der Waals surface area contributed by atoms with Crippen LogP contribution in [0.25, 0.3) is 0 Å². The summed E-state index contributed by atoms with van der Waals surface area (Å²) in [5, 5.41) is 7.34. The highest BCUT2D eigenvalue weighted by Crippen LogP contribution is 2.38. The van der Waals surface area contributed by atoms with Gasteiger partial charge < -0.3 is 16.4 Å². The van der Waals surface area contributed by atoms with Crippen LogP contribution in [0.2, 0.25) is 0 Å². The quantitative estimate of drug-likeness (QED) is 0.799. The van der Waals surface area contributed by atoms with Crippen molar-refractivity contribution < 1.29 is 4.79 Å². The monoisotopic (exact) mass is 308 g/mol. The summed E-state index contributed by atoms with van der Waals surface area (Å²) in [6.45, 7) is 4.62. The molecule has 116 valence electrons. The lowest BCUT2D eigenvalue weighted by molar-refractivity contribution is 0.0953. The Bertz CT molecular complexity index is 536. The number of carbonyl (C=O) groups excluding carboxylic acids is 1. The molecule has 0 spiro atoms. The largest absolute Gasteiger partial charge is 0.382 e. The Labute approximate surface area is 129 Å². The molecule has 2 aliphatic rings. The highest BCUT2D eigenvalue weighted by atomic mass is 32.1. The van der Waals surface area contributed by atoms with Gasteiger partial charge in [0.05, 0.1) is 0 Å². The van der Waals surface area contributed by atoms with Crippen LogP contribution in [-0.2, 0) is 0 Å². The number of nitrogens with two attached hydrogens (primary N) is 1. The van der Waals surface area contributed by atoms with Gasteiger partial charge in [-0.25, -0.2) is 0 Å². The van der Waals surface area contributed by atoms with Gasteiger partial charge in [-0.15, -0.1) is 0 Å². The van der Waals surface area contributed by atoms with Crippen LogP contribution in [-0.4, -0.2) is 22.4 Å². The SMILES string of the molecule is CC1(C)CCCC(Nc2snc(N)c2C(=O)NC2CC2)C1. The summed E-state index contributed by atoms with van der Waals surface area (Å²) in [5.41, 5.74) is 6.80. The number of carbonyl (C=O) groups is 1. The second-order valence-electron chi connectivity index (χ2n) is 7.12. The second-order valence-corrected chi connectivity index (χ2v) is 7.89.